The van der Waals surface area contributed by atoms with Gasteiger partial charge in [0.15, 0.2) is 0 Å². The summed E-state index contributed by atoms with van der Waals surface area (Å²) in [4.78, 5) is 18.0. The van der Waals surface area contributed by atoms with Gasteiger partial charge in [0, 0.05) is 17.1 Å². The first-order chi connectivity index (χ1) is 15.0. The van der Waals surface area contributed by atoms with Gasteiger partial charge >= 0.3 is 0 Å². The summed E-state index contributed by atoms with van der Waals surface area (Å²) in [6.45, 7) is 3.05. The summed E-state index contributed by atoms with van der Waals surface area (Å²) >= 11 is 12.3. The summed E-state index contributed by atoms with van der Waals surface area (Å²) in [5.41, 5.74) is 2.59. The summed E-state index contributed by atoms with van der Waals surface area (Å²) in [6.07, 6.45) is 1.55. The van der Waals surface area contributed by atoms with E-state index < -0.39 is 0 Å². The highest BCUT2D eigenvalue weighted by molar-refractivity contribution is 6.32. The van der Waals surface area contributed by atoms with Gasteiger partial charge in [-0.3, -0.25) is 9.36 Å². The first kappa shape index (κ1) is 21.4. The zero-order valence-electron chi connectivity index (χ0n) is 17.1. The monoisotopic (exact) mass is 452 g/mol. The van der Waals surface area contributed by atoms with E-state index in [2.05, 4.69) is 0 Å². The van der Waals surface area contributed by atoms with E-state index in [1.165, 1.54) is 0 Å². The van der Waals surface area contributed by atoms with Crippen LogP contribution >= 0.6 is 23.2 Å². The van der Waals surface area contributed by atoms with E-state index in [4.69, 9.17) is 32.9 Å². The van der Waals surface area contributed by atoms with Crippen LogP contribution in [0.4, 0.5) is 0 Å². The average Bonchev–Trinajstić information content (AvgIpc) is 2.76. The van der Waals surface area contributed by atoms with Crippen LogP contribution in [0.15, 0.2) is 71.5 Å². The van der Waals surface area contributed by atoms with Crippen molar-refractivity contribution in [2.75, 3.05) is 6.61 Å². The SMILES string of the molecule is Cc1ccc(OCCCCn2c(-c3ccc(Cl)cc3)nc3ccccc3c2=O)c(Cl)c1. The third-order valence-corrected chi connectivity index (χ3v) is 5.63. The Morgan fingerprint density at radius 1 is 0.968 bits per heavy atom. The molecule has 1 heterocycles. The van der Waals surface area contributed by atoms with E-state index in [1.54, 1.807) is 4.57 Å². The standard InChI is InChI=1S/C25H22Cl2N2O2/c1-17-8-13-23(21(27)16-17)31-15-5-4-14-29-24(18-9-11-19(26)12-10-18)28-22-7-3-2-6-20(22)25(29)30/h2-3,6-13,16H,4-5,14-15H2,1H3. The van der Waals surface area contributed by atoms with Crippen LogP contribution in [-0.2, 0) is 6.54 Å². The molecule has 0 bridgehead atoms. The zero-order chi connectivity index (χ0) is 21.8. The van der Waals surface area contributed by atoms with E-state index in [1.807, 2.05) is 73.7 Å². The third kappa shape index (κ3) is 4.92. The minimum absolute atomic E-state index is 0.0435. The fourth-order valence-corrected chi connectivity index (χ4v) is 3.89. The van der Waals surface area contributed by atoms with E-state index in [9.17, 15) is 4.79 Å². The molecule has 4 aromatic rings. The number of aryl methyl sites for hydroxylation is 1. The number of benzene rings is 3. The summed E-state index contributed by atoms with van der Waals surface area (Å²) in [7, 11) is 0. The topological polar surface area (TPSA) is 44.1 Å². The molecule has 3 aromatic carbocycles. The lowest BCUT2D eigenvalue weighted by atomic mass is 10.1. The minimum Gasteiger partial charge on any atom is -0.492 e. The molecule has 0 aliphatic heterocycles. The van der Waals surface area contributed by atoms with E-state index in [0.29, 0.717) is 45.7 Å². The molecular weight excluding hydrogens is 431 g/mol. The normalized spacial score (nSPS) is 11.1. The molecule has 6 heteroatoms. The fourth-order valence-electron chi connectivity index (χ4n) is 3.47. The minimum atomic E-state index is -0.0435. The lowest BCUT2D eigenvalue weighted by Gasteiger charge is -2.14. The van der Waals surface area contributed by atoms with Gasteiger partial charge in [-0.25, -0.2) is 4.98 Å². The van der Waals surface area contributed by atoms with Gasteiger partial charge in [0.05, 0.1) is 22.5 Å². The quantitative estimate of drug-likeness (QED) is 0.299. The Morgan fingerprint density at radius 2 is 1.74 bits per heavy atom. The lowest BCUT2D eigenvalue weighted by Crippen LogP contribution is -2.24. The van der Waals surface area contributed by atoms with Crippen molar-refractivity contribution in [3.05, 3.63) is 92.7 Å². The molecule has 4 rings (SSSR count). The molecule has 0 aliphatic carbocycles. The van der Waals surface area contributed by atoms with E-state index in [0.717, 1.165) is 24.0 Å². The Kier molecular flexibility index (Phi) is 6.59. The summed E-state index contributed by atoms with van der Waals surface area (Å²) in [5.74, 6) is 1.32. The molecule has 0 spiro atoms. The Bertz CT molecular complexity index is 1270. The van der Waals surface area contributed by atoms with Crippen LogP contribution in [0.1, 0.15) is 18.4 Å². The van der Waals surface area contributed by atoms with Crippen molar-refractivity contribution in [1.82, 2.24) is 9.55 Å². The van der Waals surface area contributed by atoms with Crippen molar-refractivity contribution in [2.45, 2.75) is 26.3 Å². The molecule has 0 unspecified atom stereocenters. The highest BCUT2D eigenvalue weighted by Crippen LogP contribution is 2.25. The molecule has 0 fully saturated rings. The second-order valence-electron chi connectivity index (χ2n) is 7.41. The maximum absolute atomic E-state index is 13.2. The molecule has 0 saturated heterocycles. The van der Waals surface area contributed by atoms with Crippen molar-refractivity contribution in [3.63, 3.8) is 0 Å². The predicted molar refractivity (Wildman–Crippen MR) is 127 cm³/mol. The zero-order valence-corrected chi connectivity index (χ0v) is 18.7. The second-order valence-corrected chi connectivity index (χ2v) is 8.25. The number of halogens is 2. The molecule has 0 aliphatic rings. The third-order valence-electron chi connectivity index (χ3n) is 5.09. The van der Waals surface area contributed by atoms with Crippen molar-refractivity contribution >= 4 is 34.1 Å². The highest BCUT2D eigenvalue weighted by atomic mass is 35.5. The maximum Gasteiger partial charge on any atom is 0.261 e. The molecule has 0 saturated carbocycles. The van der Waals surface area contributed by atoms with Gasteiger partial charge in [-0.15, -0.1) is 0 Å². The lowest BCUT2D eigenvalue weighted by molar-refractivity contribution is 0.303. The summed E-state index contributed by atoms with van der Waals surface area (Å²) in [5, 5.41) is 1.87. The van der Waals surface area contributed by atoms with Crippen molar-refractivity contribution in [1.29, 1.82) is 0 Å². The van der Waals surface area contributed by atoms with E-state index >= 15 is 0 Å². The fraction of sp³-hybridized carbons (Fsp3) is 0.200. The number of hydrogen-bond donors (Lipinski definition) is 0. The van der Waals surface area contributed by atoms with Crippen LogP contribution < -0.4 is 10.3 Å². The first-order valence-electron chi connectivity index (χ1n) is 10.2. The van der Waals surface area contributed by atoms with Gasteiger partial charge < -0.3 is 4.74 Å². The Hall–Kier alpha value is -2.82. The number of aromatic nitrogens is 2. The Labute approximate surface area is 191 Å². The Balaban J connectivity index is 1.53. The van der Waals surface area contributed by atoms with Gasteiger partial charge in [0.2, 0.25) is 0 Å². The number of ether oxygens (including phenoxy) is 1. The number of rotatable bonds is 7. The maximum atomic E-state index is 13.2. The molecule has 0 N–H and O–H groups in total. The summed E-state index contributed by atoms with van der Waals surface area (Å²) < 4.78 is 7.55. The molecular formula is C25H22Cl2N2O2. The Morgan fingerprint density at radius 3 is 2.52 bits per heavy atom. The molecule has 0 radical (unpaired) electrons. The van der Waals surface area contributed by atoms with E-state index in [-0.39, 0.29) is 5.56 Å². The highest BCUT2D eigenvalue weighted by Gasteiger charge is 2.12. The van der Waals surface area contributed by atoms with Gasteiger partial charge in [0.25, 0.3) is 5.56 Å². The van der Waals surface area contributed by atoms with Crippen molar-refractivity contribution in [3.8, 4) is 17.1 Å². The molecule has 31 heavy (non-hydrogen) atoms. The first-order valence-corrected chi connectivity index (χ1v) is 10.9. The van der Waals surface area contributed by atoms with Crippen LogP contribution in [0.3, 0.4) is 0 Å². The molecule has 4 nitrogen and oxygen atoms in total. The van der Waals surface area contributed by atoms with Gasteiger partial charge in [-0.05, 0) is 73.9 Å². The number of nitrogens with zero attached hydrogens (tertiary/aromatic N) is 2. The van der Waals surface area contributed by atoms with Gasteiger partial charge in [0.1, 0.15) is 11.6 Å². The smallest absolute Gasteiger partial charge is 0.261 e. The second kappa shape index (κ2) is 9.54. The summed E-state index contributed by atoms with van der Waals surface area (Å²) in [6, 6.07) is 20.5. The number of fused-ring (bicyclic) bond motifs is 1. The molecule has 1 aromatic heterocycles. The molecule has 0 atom stereocenters. The van der Waals surface area contributed by atoms with Crippen molar-refractivity contribution in [2.24, 2.45) is 0 Å². The van der Waals surface area contributed by atoms with Gasteiger partial charge in [-0.1, -0.05) is 41.4 Å². The van der Waals surface area contributed by atoms with Crippen molar-refractivity contribution < 1.29 is 4.74 Å². The largest absolute Gasteiger partial charge is 0.492 e. The average molecular weight is 453 g/mol. The molecule has 0 amide bonds. The van der Waals surface area contributed by atoms with Crippen LogP contribution in [0, 0.1) is 6.92 Å². The van der Waals surface area contributed by atoms with Crippen LogP contribution in [0.2, 0.25) is 10.0 Å². The molecule has 158 valence electrons. The van der Waals surface area contributed by atoms with Gasteiger partial charge in [-0.2, -0.15) is 0 Å². The van der Waals surface area contributed by atoms with Crippen LogP contribution in [0.5, 0.6) is 5.75 Å². The van der Waals surface area contributed by atoms with Crippen LogP contribution in [0.25, 0.3) is 22.3 Å². The predicted octanol–water partition coefficient (Wildman–Crippen LogP) is 6.54. The number of hydrogen-bond acceptors (Lipinski definition) is 3. The van der Waals surface area contributed by atoms with Crippen LogP contribution in [-0.4, -0.2) is 16.2 Å². The number of para-hydroxylation sites is 1. The number of unbranched alkanes of at least 4 members (excludes halogenated alkanes) is 1.